The van der Waals surface area contributed by atoms with Crippen molar-refractivity contribution in [1.82, 2.24) is 9.97 Å². The van der Waals surface area contributed by atoms with E-state index in [1.807, 2.05) is 13.8 Å². The first-order valence-electron chi connectivity index (χ1n) is 5.74. The molecule has 0 radical (unpaired) electrons. The minimum Gasteiger partial charge on any atom is -0.476 e. The lowest BCUT2D eigenvalue weighted by Crippen LogP contribution is -2.13. The molecule has 0 bridgehead atoms. The Morgan fingerprint density at radius 2 is 2.06 bits per heavy atom. The zero-order valence-corrected chi connectivity index (χ0v) is 10.6. The van der Waals surface area contributed by atoms with Crippen molar-refractivity contribution in [2.45, 2.75) is 20.3 Å². The number of ether oxygens (including phenoxy) is 2. The molecule has 17 heavy (non-hydrogen) atoms. The Balaban J connectivity index is 2.89. The third-order valence-electron chi connectivity index (χ3n) is 2.15. The summed E-state index contributed by atoms with van der Waals surface area (Å²) >= 11 is 0. The highest BCUT2D eigenvalue weighted by Crippen LogP contribution is 2.25. The molecule has 0 saturated heterocycles. The van der Waals surface area contributed by atoms with Crippen LogP contribution < -0.4 is 15.8 Å². The lowest BCUT2D eigenvalue weighted by Gasteiger charge is -2.12. The smallest absolute Gasteiger partial charge is 0.242 e. The quantitative estimate of drug-likeness (QED) is 0.694. The SMILES string of the molecule is CCOc1nc(CC)nc(NCCOC)c1N. The van der Waals surface area contributed by atoms with Gasteiger partial charge in [-0.1, -0.05) is 6.92 Å². The van der Waals surface area contributed by atoms with Crippen molar-refractivity contribution in [2.24, 2.45) is 0 Å². The Hall–Kier alpha value is -1.56. The van der Waals surface area contributed by atoms with Crippen molar-refractivity contribution < 1.29 is 9.47 Å². The van der Waals surface area contributed by atoms with E-state index in [4.69, 9.17) is 15.2 Å². The minimum absolute atomic E-state index is 0.444. The minimum atomic E-state index is 0.444. The number of aromatic nitrogens is 2. The molecule has 0 atom stereocenters. The average Bonchev–Trinajstić information content (AvgIpc) is 2.34. The first-order chi connectivity index (χ1) is 8.22. The van der Waals surface area contributed by atoms with Crippen LogP contribution in [-0.2, 0) is 11.2 Å². The molecule has 0 aliphatic heterocycles. The van der Waals surface area contributed by atoms with Gasteiger partial charge in [-0.05, 0) is 6.92 Å². The fraction of sp³-hybridized carbons (Fsp3) is 0.636. The lowest BCUT2D eigenvalue weighted by atomic mass is 10.4. The number of anilines is 2. The Labute approximate surface area is 102 Å². The number of hydrogen-bond donors (Lipinski definition) is 2. The predicted molar refractivity (Wildman–Crippen MR) is 67.4 cm³/mol. The number of nitrogens with zero attached hydrogens (tertiary/aromatic N) is 2. The van der Waals surface area contributed by atoms with Gasteiger partial charge in [-0.2, -0.15) is 4.98 Å². The summed E-state index contributed by atoms with van der Waals surface area (Å²) in [6.45, 7) is 5.65. The van der Waals surface area contributed by atoms with Crippen LogP contribution in [0.4, 0.5) is 11.5 Å². The maximum Gasteiger partial charge on any atom is 0.242 e. The van der Waals surface area contributed by atoms with Crippen molar-refractivity contribution in [3.8, 4) is 5.88 Å². The van der Waals surface area contributed by atoms with Crippen molar-refractivity contribution in [3.05, 3.63) is 5.82 Å². The number of hydrogen-bond acceptors (Lipinski definition) is 6. The summed E-state index contributed by atoms with van der Waals surface area (Å²) in [6, 6.07) is 0. The molecule has 96 valence electrons. The van der Waals surface area contributed by atoms with Crippen molar-refractivity contribution in [3.63, 3.8) is 0 Å². The highest BCUT2D eigenvalue weighted by Gasteiger charge is 2.11. The molecule has 6 heteroatoms. The topological polar surface area (TPSA) is 82.3 Å². The highest BCUT2D eigenvalue weighted by molar-refractivity contribution is 5.66. The van der Waals surface area contributed by atoms with E-state index in [9.17, 15) is 0 Å². The molecule has 1 heterocycles. The Kier molecular flexibility index (Phi) is 5.48. The third-order valence-corrected chi connectivity index (χ3v) is 2.15. The van der Waals surface area contributed by atoms with Crippen LogP contribution in [0.15, 0.2) is 0 Å². The number of nitrogen functional groups attached to an aromatic ring is 1. The summed E-state index contributed by atoms with van der Waals surface area (Å²) in [5, 5.41) is 3.11. The third kappa shape index (κ3) is 3.74. The van der Waals surface area contributed by atoms with Gasteiger partial charge in [0.05, 0.1) is 13.2 Å². The van der Waals surface area contributed by atoms with E-state index < -0.39 is 0 Å². The van der Waals surface area contributed by atoms with Crippen molar-refractivity contribution in [1.29, 1.82) is 0 Å². The normalized spacial score (nSPS) is 10.3. The Morgan fingerprint density at radius 3 is 2.65 bits per heavy atom. The van der Waals surface area contributed by atoms with E-state index in [2.05, 4.69) is 15.3 Å². The standard InChI is InChI=1S/C11H20N4O2/c1-4-8-14-10(13-6-7-16-3)9(12)11(15-8)17-5-2/h4-7,12H2,1-3H3,(H,13,14,15). The number of rotatable bonds is 7. The molecule has 0 aliphatic rings. The molecule has 0 fully saturated rings. The van der Waals surface area contributed by atoms with Crippen molar-refractivity contribution in [2.75, 3.05) is 37.9 Å². The number of nitrogens with one attached hydrogen (secondary N) is 1. The van der Waals surface area contributed by atoms with E-state index in [1.165, 1.54) is 0 Å². The summed E-state index contributed by atoms with van der Waals surface area (Å²) in [6.07, 6.45) is 0.735. The highest BCUT2D eigenvalue weighted by atomic mass is 16.5. The van der Waals surface area contributed by atoms with Gasteiger partial charge in [-0.3, -0.25) is 0 Å². The van der Waals surface area contributed by atoms with Crippen LogP contribution in [0.2, 0.25) is 0 Å². The van der Waals surface area contributed by atoms with E-state index in [-0.39, 0.29) is 0 Å². The Morgan fingerprint density at radius 1 is 1.29 bits per heavy atom. The van der Waals surface area contributed by atoms with Crippen LogP contribution in [0.25, 0.3) is 0 Å². The maximum absolute atomic E-state index is 5.92. The van der Waals surface area contributed by atoms with Gasteiger partial charge in [-0.25, -0.2) is 4.98 Å². The molecule has 1 rings (SSSR count). The lowest BCUT2D eigenvalue weighted by molar-refractivity contribution is 0.210. The summed E-state index contributed by atoms with van der Waals surface area (Å²) in [4.78, 5) is 8.56. The number of methoxy groups -OCH3 is 1. The molecule has 0 spiro atoms. The summed E-state index contributed by atoms with van der Waals surface area (Å²) in [5.74, 6) is 1.76. The van der Waals surface area contributed by atoms with Crippen LogP contribution in [0.5, 0.6) is 5.88 Å². The first kappa shape index (κ1) is 13.5. The van der Waals surface area contributed by atoms with E-state index in [0.29, 0.717) is 43.0 Å². The van der Waals surface area contributed by atoms with Gasteiger partial charge < -0.3 is 20.5 Å². The average molecular weight is 240 g/mol. The molecule has 3 N–H and O–H groups in total. The molecule has 1 aromatic heterocycles. The zero-order valence-electron chi connectivity index (χ0n) is 10.6. The maximum atomic E-state index is 5.92. The van der Waals surface area contributed by atoms with Crippen LogP contribution in [-0.4, -0.2) is 36.8 Å². The largest absolute Gasteiger partial charge is 0.476 e. The van der Waals surface area contributed by atoms with Gasteiger partial charge >= 0.3 is 0 Å². The molecule has 0 unspecified atom stereocenters. The zero-order chi connectivity index (χ0) is 12.7. The van der Waals surface area contributed by atoms with Crippen LogP contribution in [0, 0.1) is 0 Å². The molecule has 1 aromatic rings. The van der Waals surface area contributed by atoms with Gasteiger partial charge in [0.25, 0.3) is 0 Å². The first-order valence-corrected chi connectivity index (χ1v) is 5.74. The second-order valence-corrected chi connectivity index (χ2v) is 3.41. The molecule has 0 aliphatic carbocycles. The van der Waals surface area contributed by atoms with Crippen molar-refractivity contribution >= 4 is 11.5 Å². The van der Waals surface area contributed by atoms with Crippen LogP contribution >= 0.6 is 0 Å². The fourth-order valence-corrected chi connectivity index (χ4v) is 1.30. The Bertz CT molecular complexity index is 358. The molecule has 0 aromatic carbocycles. The monoisotopic (exact) mass is 240 g/mol. The van der Waals surface area contributed by atoms with E-state index in [1.54, 1.807) is 7.11 Å². The van der Waals surface area contributed by atoms with Gasteiger partial charge in [0.15, 0.2) is 5.82 Å². The summed E-state index contributed by atoms with van der Waals surface area (Å²) in [7, 11) is 1.65. The summed E-state index contributed by atoms with van der Waals surface area (Å²) < 4.78 is 10.3. The molecule has 0 amide bonds. The van der Waals surface area contributed by atoms with Crippen LogP contribution in [0.1, 0.15) is 19.7 Å². The summed E-state index contributed by atoms with van der Waals surface area (Å²) in [5.41, 5.74) is 6.37. The van der Waals surface area contributed by atoms with Crippen LogP contribution in [0.3, 0.4) is 0 Å². The number of nitrogens with two attached hydrogens (primary N) is 1. The van der Waals surface area contributed by atoms with Gasteiger partial charge in [0.1, 0.15) is 11.5 Å². The van der Waals surface area contributed by atoms with E-state index >= 15 is 0 Å². The molecule has 0 saturated carbocycles. The molecule has 6 nitrogen and oxygen atoms in total. The van der Waals surface area contributed by atoms with Gasteiger partial charge in [0.2, 0.25) is 5.88 Å². The second-order valence-electron chi connectivity index (χ2n) is 3.41. The molecular weight excluding hydrogens is 220 g/mol. The van der Waals surface area contributed by atoms with E-state index in [0.717, 1.165) is 6.42 Å². The second kappa shape index (κ2) is 6.90. The van der Waals surface area contributed by atoms with Gasteiger partial charge in [0, 0.05) is 20.1 Å². The van der Waals surface area contributed by atoms with Gasteiger partial charge in [-0.15, -0.1) is 0 Å². The predicted octanol–water partition coefficient (Wildman–Crippen LogP) is 1.08. The molecular formula is C11H20N4O2. The fourth-order valence-electron chi connectivity index (χ4n) is 1.30. The number of aryl methyl sites for hydroxylation is 1.